The number of ether oxygens (including phenoxy) is 4. The molecule has 0 aromatic carbocycles. The summed E-state index contributed by atoms with van der Waals surface area (Å²) in [5, 5.41) is 10.6. The Morgan fingerprint density at radius 3 is 0.854 bits per heavy atom. The maximum Gasteiger partial charge on any atom is 0.472 e. The minimum Gasteiger partial charge on any atom is -0.462 e. The third-order valence-corrected chi connectivity index (χ3v) is 18.1. The first-order chi connectivity index (χ1) is 46.7. The number of rotatable bonds is 72. The van der Waals surface area contributed by atoms with Crippen LogP contribution in [0.25, 0.3) is 0 Å². The monoisotopic (exact) mass is 1400 g/mol. The molecule has 0 spiro atoms. The Hall–Kier alpha value is -3.50. The lowest BCUT2D eigenvalue weighted by Crippen LogP contribution is -2.30. The van der Waals surface area contributed by atoms with E-state index in [9.17, 15) is 43.2 Å². The van der Waals surface area contributed by atoms with Crippen molar-refractivity contribution in [2.45, 2.75) is 354 Å². The number of unbranched alkanes of at least 4 members (excludes halogenated alkanes) is 34. The van der Waals surface area contributed by atoms with Crippen molar-refractivity contribution in [2.24, 2.45) is 0 Å². The van der Waals surface area contributed by atoms with Crippen LogP contribution in [0.5, 0.6) is 0 Å². The van der Waals surface area contributed by atoms with Gasteiger partial charge in [-0.1, -0.05) is 268 Å². The van der Waals surface area contributed by atoms with Crippen molar-refractivity contribution in [1.82, 2.24) is 0 Å². The normalized spacial score (nSPS) is 14.4. The van der Waals surface area contributed by atoms with E-state index < -0.39 is 97.5 Å². The van der Waals surface area contributed by atoms with Gasteiger partial charge in [0.25, 0.3) is 0 Å². The fourth-order valence-electron chi connectivity index (χ4n) is 10.3. The SMILES string of the molecule is CC/C=C\C/C=C\C/C=C\C/C=C\CCCCCCCCC(=O)OCC(COP(=O)(O)OCC(O)COP(=O)(O)OCC(COC(=O)CCCCCCC/C=C\CCCCCC)OC(=O)CCCCCCC/C=C\CCCCCC)OC(=O)CCCCCCCCCCCCC. The summed E-state index contributed by atoms with van der Waals surface area (Å²) in [6, 6.07) is 0. The van der Waals surface area contributed by atoms with Gasteiger partial charge in [0.2, 0.25) is 0 Å². The molecule has 17 nitrogen and oxygen atoms in total. The van der Waals surface area contributed by atoms with E-state index in [0.717, 1.165) is 167 Å². The molecule has 5 atom stereocenters. The third kappa shape index (κ3) is 69.0. The standard InChI is InChI=1S/C77H138O17P2/c1-5-9-13-17-21-25-29-32-33-34-35-36-37-40-43-46-50-54-58-62-75(80)88-67-72(93-76(81)63-59-55-51-47-41-28-24-20-16-12-8-4)69-91-95(83,84)89-65-71(78)66-90-96(85,86)92-70-73(94-77(82)64-60-56-52-48-44-39-31-27-23-19-15-11-7-3)68-87-74(79)61-57-53-49-45-42-38-30-26-22-18-14-10-6-2/h9,13,21,25-27,30-33,35-36,71-73,78H,5-8,10-12,14-20,22-24,28-29,34,37-70H2,1-4H3,(H,83,84)(H,85,86)/b13-9-,25-21-,30-26-,31-27-,33-32-,36-35-. The van der Waals surface area contributed by atoms with Gasteiger partial charge in [0.15, 0.2) is 12.2 Å². The van der Waals surface area contributed by atoms with Gasteiger partial charge in [-0.2, -0.15) is 0 Å². The summed E-state index contributed by atoms with van der Waals surface area (Å²) in [6.07, 6.45) is 68.9. The first-order valence-corrected chi connectivity index (χ1v) is 41.2. The van der Waals surface area contributed by atoms with Crippen LogP contribution in [0.3, 0.4) is 0 Å². The van der Waals surface area contributed by atoms with Crippen LogP contribution < -0.4 is 0 Å². The largest absolute Gasteiger partial charge is 0.472 e. The highest BCUT2D eigenvalue weighted by Gasteiger charge is 2.30. The van der Waals surface area contributed by atoms with Gasteiger partial charge in [-0.3, -0.25) is 37.3 Å². The zero-order valence-corrected chi connectivity index (χ0v) is 62.6. The highest BCUT2D eigenvalue weighted by molar-refractivity contribution is 7.47. The number of allylic oxidation sites excluding steroid dienone is 12. The van der Waals surface area contributed by atoms with Crippen LogP contribution in [0.1, 0.15) is 336 Å². The lowest BCUT2D eigenvalue weighted by molar-refractivity contribution is -0.161. The van der Waals surface area contributed by atoms with Crippen molar-refractivity contribution in [3.63, 3.8) is 0 Å². The van der Waals surface area contributed by atoms with E-state index in [1.165, 1.54) is 89.9 Å². The molecule has 19 heteroatoms. The van der Waals surface area contributed by atoms with Crippen molar-refractivity contribution in [3.8, 4) is 0 Å². The maximum absolute atomic E-state index is 13.1. The quantitative estimate of drug-likeness (QED) is 0.0169. The molecule has 0 saturated heterocycles. The topological polar surface area (TPSA) is 237 Å². The van der Waals surface area contributed by atoms with Gasteiger partial charge < -0.3 is 33.8 Å². The molecule has 5 unspecified atom stereocenters. The predicted octanol–water partition coefficient (Wildman–Crippen LogP) is 21.7. The van der Waals surface area contributed by atoms with E-state index in [0.29, 0.717) is 25.7 Å². The number of hydrogen-bond donors (Lipinski definition) is 3. The second-order valence-corrected chi connectivity index (χ2v) is 28.5. The van der Waals surface area contributed by atoms with Crippen molar-refractivity contribution in [2.75, 3.05) is 39.6 Å². The maximum atomic E-state index is 13.1. The fourth-order valence-corrected chi connectivity index (χ4v) is 11.9. The molecule has 96 heavy (non-hydrogen) atoms. The highest BCUT2D eigenvalue weighted by Crippen LogP contribution is 2.45. The molecule has 0 aliphatic heterocycles. The summed E-state index contributed by atoms with van der Waals surface area (Å²) in [4.78, 5) is 72.7. The average molecular weight is 1400 g/mol. The number of aliphatic hydroxyl groups is 1. The van der Waals surface area contributed by atoms with Crippen molar-refractivity contribution >= 4 is 39.5 Å². The number of phosphoric acid groups is 2. The Morgan fingerprint density at radius 2 is 0.542 bits per heavy atom. The van der Waals surface area contributed by atoms with Crippen LogP contribution in [0.4, 0.5) is 0 Å². The first-order valence-electron chi connectivity index (χ1n) is 38.2. The number of aliphatic hydroxyl groups excluding tert-OH is 1. The second kappa shape index (κ2) is 70.0. The molecule has 0 aromatic heterocycles. The molecule has 0 fully saturated rings. The first kappa shape index (κ1) is 92.5. The summed E-state index contributed by atoms with van der Waals surface area (Å²) < 4.78 is 68.4. The number of carbonyl (C=O) groups is 4. The molecule has 558 valence electrons. The van der Waals surface area contributed by atoms with Crippen LogP contribution in [0.2, 0.25) is 0 Å². The van der Waals surface area contributed by atoms with Crippen molar-refractivity contribution in [3.05, 3.63) is 72.9 Å². The molecule has 0 radical (unpaired) electrons. The molecule has 0 heterocycles. The van der Waals surface area contributed by atoms with Gasteiger partial charge >= 0.3 is 39.5 Å². The number of esters is 4. The summed E-state index contributed by atoms with van der Waals surface area (Å²) >= 11 is 0. The second-order valence-electron chi connectivity index (χ2n) is 25.6. The van der Waals surface area contributed by atoms with Crippen molar-refractivity contribution < 1.29 is 80.2 Å². The van der Waals surface area contributed by atoms with Crippen LogP contribution in [0.15, 0.2) is 72.9 Å². The van der Waals surface area contributed by atoms with E-state index >= 15 is 0 Å². The Morgan fingerprint density at radius 1 is 0.302 bits per heavy atom. The summed E-state index contributed by atoms with van der Waals surface area (Å²) in [7, 11) is -9.94. The summed E-state index contributed by atoms with van der Waals surface area (Å²) in [5.74, 6) is -2.19. The van der Waals surface area contributed by atoms with Gasteiger partial charge in [-0.05, 0) is 116 Å². The van der Waals surface area contributed by atoms with Gasteiger partial charge in [-0.25, -0.2) is 9.13 Å². The van der Waals surface area contributed by atoms with Gasteiger partial charge in [0, 0.05) is 25.7 Å². The van der Waals surface area contributed by atoms with Crippen LogP contribution in [0, 0.1) is 0 Å². The van der Waals surface area contributed by atoms with E-state index in [1.807, 2.05) is 0 Å². The van der Waals surface area contributed by atoms with Crippen molar-refractivity contribution in [1.29, 1.82) is 0 Å². The predicted molar refractivity (Wildman–Crippen MR) is 390 cm³/mol. The molecule has 3 N–H and O–H groups in total. The summed E-state index contributed by atoms with van der Waals surface area (Å²) in [5.41, 5.74) is 0. The Kier molecular flexibility index (Phi) is 67.4. The van der Waals surface area contributed by atoms with Crippen LogP contribution in [-0.2, 0) is 65.4 Å². The molecule has 0 bridgehead atoms. The number of carbonyl (C=O) groups excluding carboxylic acids is 4. The van der Waals surface area contributed by atoms with Gasteiger partial charge in [0.1, 0.15) is 19.3 Å². The van der Waals surface area contributed by atoms with Crippen LogP contribution in [-0.4, -0.2) is 96.7 Å². The zero-order valence-electron chi connectivity index (χ0n) is 60.8. The zero-order chi connectivity index (χ0) is 70.4. The lowest BCUT2D eigenvalue weighted by atomic mass is 10.1. The van der Waals surface area contributed by atoms with E-state index in [1.54, 1.807) is 0 Å². The van der Waals surface area contributed by atoms with Gasteiger partial charge in [0.05, 0.1) is 26.4 Å². The number of hydrogen-bond acceptors (Lipinski definition) is 15. The third-order valence-electron chi connectivity index (χ3n) is 16.2. The molecule has 0 saturated carbocycles. The molecule has 0 rings (SSSR count). The molecular weight excluding hydrogens is 1260 g/mol. The van der Waals surface area contributed by atoms with E-state index in [-0.39, 0.29) is 25.7 Å². The van der Waals surface area contributed by atoms with E-state index in [4.69, 9.17) is 37.0 Å². The molecule has 0 aliphatic carbocycles. The molecular formula is C77H138O17P2. The minimum absolute atomic E-state index is 0.0867. The molecule has 0 aliphatic rings. The molecule has 0 amide bonds. The average Bonchev–Trinajstić information content (AvgIpc) is 1.11. The Balaban J connectivity index is 5.29. The highest BCUT2D eigenvalue weighted by atomic mass is 31.2. The summed E-state index contributed by atoms with van der Waals surface area (Å²) in [6.45, 7) is 4.72. The Labute approximate surface area is 583 Å². The number of phosphoric ester groups is 2. The van der Waals surface area contributed by atoms with Crippen LogP contribution >= 0.6 is 15.6 Å². The van der Waals surface area contributed by atoms with E-state index in [2.05, 4.69) is 101 Å². The smallest absolute Gasteiger partial charge is 0.462 e. The lowest BCUT2D eigenvalue weighted by Gasteiger charge is -2.21. The Bertz CT molecular complexity index is 2110. The minimum atomic E-state index is -4.97. The van der Waals surface area contributed by atoms with Gasteiger partial charge in [-0.15, -0.1) is 0 Å². The molecule has 0 aromatic rings. The fraction of sp³-hybridized carbons (Fsp3) is 0.792.